The third-order valence-electron chi connectivity index (χ3n) is 1.33. The summed E-state index contributed by atoms with van der Waals surface area (Å²) in [6, 6.07) is 0.0794. The summed E-state index contributed by atoms with van der Waals surface area (Å²) in [6.07, 6.45) is 0. The molecule has 0 fully saturated rings. The fourth-order valence-corrected chi connectivity index (χ4v) is 0.728. The molecule has 0 atom stereocenters. The Kier molecular flexibility index (Phi) is 4.57. The first-order valence-corrected chi connectivity index (χ1v) is 3.01. The summed E-state index contributed by atoms with van der Waals surface area (Å²) < 4.78 is 49.5. The minimum atomic E-state index is -2.13. The van der Waals surface area contributed by atoms with Gasteiger partial charge in [-0.25, -0.2) is 22.4 Å². The van der Waals surface area contributed by atoms with E-state index in [9.17, 15) is 22.4 Å². The maximum absolute atomic E-state index is 12.5. The van der Waals surface area contributed by atoms with Crippen molar-refractivity contribution in [3.63, 3.8) is 0 Å². The van der Waals surface area contributed by atoms with Crippen LogP contribution in [0.2, 0.25) is 0 Å². The van der Waals surface area contributed by atoms with Gasteiger partial charge in [0.15, 0.2) is 23.3 Å². The van der Waals surface area contributed by atoms with Crippen molar-refractivity contribution < 1.29 is 58.4 Å². The van der Waals surface area contributed by atoms with E-state index in [-0.39, 0.29) is 37.1 Å². The van der Waals surface area contributed by atoms with Crippen molar-refractivity contribution in [1.82, 2.24) is 0 Å². The van der Waals surface area contributed by atoms with E-state index in [1.165, 1.54) is 0 Å². The Labute approximate surface area is 99.3 Å². The SMILES string of the molecule is O=C(O)c1cc(F)c(F)c(F)c1F.[H-].[Na+]. The third-order valence-corrected chi connectivity index (χ3v) is 1.33. The fraction of sp³-hybridized carbons (Fsp3) is 0. The number of carbonyl (C=O) groups is 1. The number of hydrogen-bond acceptors (Lipinski definition) is 1. The molecule has 7 heteroatoms. The molecular formula is C7H3F4NaO2. The van der Waals surface area contributed by atoms with E-state index < -0.39 is 34.8 Å². The molecule has 0 aliphatic heterocycles. The molecule has 0 bridgehead atoms. The van der Waals surface area contributed by atoms with Crippen molar-refractivity contribution in [2.75, 3.05) is 0 Å². The molecule has 0 saturated carbocycles. The van der Waals surface area contributed by atoms with Crippen LogP contribution in [0.15, 0.2) is 6.07 Å². The number of rotatable bonds is 1. The van der Waals surface area contributed by atoms with E-state index >= 15 is 0 Å². The van der Waals surface area contributed by atoms with Gasteiger partial charge in [-0.1, -0.05) is 0 Å². The number of benzene rings is 1. The molecule has 0 unspecified atom stereocenters. The first-order valence-electron chi connectivity index (χ1n) is 3.01. The number of hydrogen-bond donors (Lipinski definition) is 1. The van der Waals surface area contributed by atoms with Gasteiger partial charge in [-0.15, -0.1) is 0 Å². The predicted molar refractivity (Wildman–Crippen MR) is 34.3 cm³/mol. The van der Waals surface area contributed by atoms with Crippen molar-refractivity contribution in [1.29, 1.82) is 0 Å². The number of carboxylic acids is 1. The van der Waals surface area contributed by atoms with Crippen LogP contribution in [0.1, 0.15) is 11.8 Å². The van der Waals surface area contributed by atoms with Crippen LogP contribution in [0.4, 0.5) is 17.6 Å². The predicted octanol–water partition coefficient (Wildman–Crippen LogP) is -0.942. The first kappa shape index (κ1) is 13.4. The van der Waals surface area contributed by atoms with E-state index in [4.69, 9.17) is 5.11 Å². The molecule has 1 rings (SSSR count). The van der Waals surface area contributed by atoms with Gasteiger partial charge in [0, 0.05) is 0 Å². The summed E-state index contributed by atoms with van der Waals surface area (Å²) >= 11 is 0. The van der Waals surface area contributed by atoms with E-state index in [1.807, 2.05) is 0 Å². The number of carboxylic acid groups (broad SMARTS) is 1. The van der Waals surface area contributed by atoms with Crippen molar-refractivity contribution in [2.24, 2.45) is 0 Å². The van der Waals surface area contributed by atoms with E-state index in [0.29, 0.717) is 0 Å². The van der Waals surface area contributed by atoms with Crippen molar-refractivity contribution in [3.8, 4) is 0 Å². The molecule has 0 aliphatic carbocycles. The smallest absolute Gasteiger partial charge is 1.00 e. The maximum atomic E-state index is 12.5. The van der Waals surface area contributed by atoms with Gasteiger partial charge in [-0.05, 0) is 6.07 Å². The first-order chi connectivity index (χ1) is 5.95. The zero-order valence-corrected chi connectivity index (χ0v) is 8.94. The Morgan fingerprint density at radius 2 is 1.64 bits per heavy atom. The van der Waals surface area contributed by atoms with Crippen molar-refractivity contribution in [3.05, 3.63) is 34.9 Å². The molecular weight excluding hydrogens is 215 g/mol. The maximum Gasteiger partial charge on any atom is 1.00 e. The van der Waals surface area contributed by atoms with Crippen LogP contribution in [-0.4, -0.2) is 11.1 Å². The molecule has 0 amide bonds. The van der Waals surface area contributed by atoms with E-state index in [0.717, 1.165) is 0 Å². The second-order valence-corrected chi connectivity index (χ2v) is 2.15. The van der Waals surface area contributed by atoms with Crippen LogP contribution in [-0.2, 0) is 0 Å². The topological polar surface area (TPSA) is 37.3 Å². The van der Waals surface area contributed by atoms with Crippen molar-refractivity contribution >= 4 is 5.97 Å². The van der Waals surface area contributed by atoms with Gasteiger partial charge < -0.3 is 6.53 Å². The van der Waals surface area contributed by atoms with Gasteiger partial charge in [-0.2, -0.15) is 0 Å². The molecule has 14 heavy (non-hydrogen) atoms. The van der Waals surface area contributed by atoms with Crippen LogP contribution in [0, 0.1) is 23.3 Å². The Morgan fingerprint density at radius 1 is 1.14 bits per heavy atom. The molecule has 0 radical (unpaired) electrons. The zero-order chi connectivity index (χ0) is 10.2. The fourth-order valence-electron chi connectivity index (χ4n) is 0.728. The minimum Gasteiger partial charge on any atom is -1.00 e. The molecule has 0 aliphatic rings. The van der Waals surface area contributed by atoms with Gasteiger partial charge in [0.1, 0.15) is 5.56 Å². The molecule has 72 valence electrons. The molecule has 2 nitrogen and oxygen atoms in total. The summed E-state index contributed by atoms with van der Waals surface area (Å²) in [4.78, 5) is 10.1. The van der Waals surface area contributed by atoms with Gasteiger partial charge in [0.05, 0.1) is 0 Å². The summed E-state index contributed by atoms with van der Waals surface area (Å²) in [5.41, 5.74) is -1.24. The van der Waals surface area contributed by atoms with Gasteiger partial charge in [0.2, 0.25) is 0 Å². The largest absolute Gasteiger partial charge is 1.00 e. The Hall–Kier alpha value is -0.590. The third kappa shape index (κ3) is 2.26. The average Bonchev–Trinajstić information content (AvgIpc) is 2.07. The summed E-state index contributed by atoms with van der Waals surface area (Å²) in [5.74, 6) is -9.67. The average molecular weight is 218 g/mol. The molecule has 1 N–H and O–H groups in total. The van der Waals surface area contributed by atoms with Crippen LogP contribution >= 0.6 is 0 Å². The minimum absolute atomic E-state index is 0. The normalized spacial score (nSPS) is 9.43. The number of halogens is 4. The Bertz CT molecular complexity index is 386. The number of aromatic carboxylic acids is 1. The monoisotopic (exact) mass is 218 g/mol. The second kappa shape index (κ2) is 4.77. The Balaban J connectivity index is 0. The van der Waals surface area contributed by atoms with Gasteiger partial charge >= 0.3 is 35.5 Å². The van der Waals surface area contributed by atoms with E-state index in [2.05, 4.69) is 0 Å². The van der Waals surface area contributed by atoms with Crippen LogP contribution < -0.4 is 29.6 Å². The summed E-state index contributed by atoms with van der Waals surface area (Å²) in [6.45, 7) is 0. The quantitative estimate of drug-likeness (QED) is 0.286. The summed E-state index contributed by atoms with van der Waals surface area (Å²) in [5, 5.41) is 8.21. The molecule has 0 aromatic heterocycles. The summed E-state index contributed by atoms with van der Waals surface area (Å²) in [7, 11) is 0. The molecule has 0 spiro atoms. The van der Waals surface area contributed by atoms with Gasteiger partial charge in [0.25, 0.3) is 0 Å². The second-order valence-electron chi connectivity index (χ2n) is 2.15. The van der Waals surface area contributed by atoms with Gasteiger partial charge in [-0.3, -0.25) is 0 Å². The van der Waals surface area contributed by atoms with Crippen molar-refractivity contribution in [2.45, 2.75) is 0 Å². The zero-order valence-electron chi connectivity index (χ0n) is 7.94. The molecule has 0 heterocycles. The molecule has 0 saturated heterocycles. The standard InChI is InChI=1S/C7H2F4O2.Na.H/c8-3-1-2(7(12)13)4(9)6(11)5(3)10;;/h1H,(H,12,13);;/q;+1;-1. The van der Waals surface area contributed by atoms with Crippen LogP contribution in [0.5, 0.6) is 0 Å². The van der Waals surface area contributed by atoms with E-state index in [1.54, 1.807) is 0 Å². The van der Waals surface area contributed by atoms with Crippen LogP contribution in [0.3, 0.4) is 0 Å². The molecule has 1 aromatic carbocycles. The van der Waals surface area contributed by atoms with Crippen LogP contribution in [0.25, 0.3) is 0 Å². The molecule has 1 aromatic rings. The Morgan fingerprint density at radius 3 is 2.07 bits per heavy atom.